The van der Waals surface area contributed by atoms with Crippen LogP contribution in [0.4, 0.5) is 0 Å². The van der Waals surface area contributed by atoms with E-state index in [1.54, 1.807) is 0 Å². The molecule has 0 aliphatic carbocycles. The summed E-state index contributed by atoms with van der Waals surface area (Å²) in [6.07, 6.45) is 5.25. The van der Waals surface area contributed by atoms with Gasteiger partial charge in [-0.2, -0.15) is 0 Å². The van der Waals surface area contributed by atoms with Gasteiger partial charge in [0.05, 0.1) is 12.2 Å². The van der Waals surface area contributed by atoms with Crippen molar-refractivity contribution in [1.29, 1.82) is 0 Å². The normalized spacial score (nSPS) is 14.2. The van der Waals surface area contributed by atoms with E-state index >= 15 is 0 Å². The first-order valence-corrected chi connectivity index (χ1v) is 7.06. The van der Waals surface area contributed by atoms with Gasteiger partial charge in [0, 0.05) is 0 Å². The highest BCUT2D eigenvalue weighted by atomic mass is 16.5. The van der Waals surface area contributed by atoms with Crippen LogP contribution in [-0.2, 0) is 5.60 Å². The highest BCUT2D eigenvalue weighted by Crippen LogP contribution is 2.28. The zero-order chi connectivity index (χ0) is 13.4. The van der Waals surface area contributed by atoms with Gasteiger partial charge in [-0.15, -0.1) is 0 Å². The third kappa shape index (κ3) is 4.69. The van der Waals surface area contributed by atoms with E-state index < -0.39 is 5.60 Å². The Hall–Kier alpha value is -1.02. The zero-order valence-corrected chi connectivity index (χ0v) is 11.9. The van der Waals surface area contributed by atoms with Crippen LogP contribution in [0.5, 0.6) is 5.75 Å². The number of rotatable bonds is 8. The predicted octanol–water partition coefficient (Wildman–Crippen LogP) is 4.26. The van der Waals surface area contributed by atoms with Crippen LogP contribution in [0, 0.1) is 0 Å². The van der Waals surface area contributed by atoms with Crippen molar-refractivity contribution in [3.63, 3.8) is 0 Å². The molecule has 0 radical (unpaired) electrons. The summed E-state index contributed by atoms with van der Waals surface area (Å²) in [6, 6.07) is 7.83. The lowest BCUT2D eigenvalue weighted by Gasteiger charge is -2.24. The van der Waals surface area contributed by atoms with Gasteiger partial charge < -0.3 is 9.84 Å². The summed E-state index contributed by atoms with van der Waals surface area (Å²) >= 11 is 0. The lowest BCUT2D eigenvalue weighted by Crippen LogP contribution is -2.20. The van der Waals surface area contributed by atoms with Crippen LogP contribution in [0.3, 0.4) is 0 Å². The fraction of sp³-hybridized carbons (Fsp3) is 0.625. The summed E-state index contributed by atoms with van der Waals surface area (Å²) in [4.78, 5) is 0. The van der Waals surface area contributed by atoms with Gasteiger partial charge >= 0.3 is 0 Å². The molecule has 0 amide bonds. The lowest BCUT2D eigenvalue weighted by atomic mass is 9.90. The molecule has 0 aliphatic heterocycles. The van der Waals surface area contributed by atoms with Gasteiger partial charge in [0.2, 0.25) is 0 Å². The monoisotopic (exact) mass is 250 g/mol. The molecule has 1 unspecified atom stereocenters. The number of aliphatic hydroxyl groups is 1. The first kappa shape index (κ1) is 15.0. The topological polar surface area (TPSA) is 29.5 Å². The Morgan fingerprint density at radius 2 is 1.72 bits per heavy atom. The van der Waals surface area contributed by atoms with Crippen molar-refractivity contribution in [2.45, 2.75) is 58.5 Å². The van der Waals surface area contributed by atoms with E-state index in [9.17, 15) is 5.11 Å². The molecule has 0 saturated carbocycles. The molecule has 0 heterocycles. The molecule has 0 fully saturated rings. The summed E-state index contributed by atoms with van der Waals surface area (Å²) in [5, 5.41) is 10.4. The van der Waals surface area contributed by atoms with Crippen molar-refractivity contribution in [3.05, 3.63) is 29.8 Å². The van der Waals surface area contributed by atoms with Gasteiger partial charge in [-0.05, 0) is 37.5 Å². The molecule has 0 aliphatic rings. The van der Waals surface area contributed by atoms with E-state index in [4.69, 9.17) is 4.74 Å². The Kier molecular flexibility index (Phi) is 6.20. The molecule has 2 heteroatoms. The highest BCUT2D eigenvalue weighted by Gasteiger charge is 2.22. The number of benzene rings is 1. The maximum absolute atomic E-state index is 10.4. The van der Waals surface area contributed by atoms with Crippen LogP contribution >= 0.6 is 0 Å². The van der Waals surface area contributed by atoms with Crippen LogP contribution < -0.4 is 4.74 Å². The number of ether oxygens (including phenoxy) is 1. The van der Waals surface area contributed by atoms with Gasteiger partial charge in [-0.3, -0.25) is 0 Å². The second-order valence-electron chi connectivity index (χ2n) is 5.10. The Balaban J connectivity index is 2.59. The summed E-state index contributed by atoms with van der Waals surface area (Å²) in [6.45, 7) is 6.90. The number of hydrogen-bond acceptors (Lipinski definition) is 2. The summed E-state index contributed by atoms with van der Waals surface area (Å²) in [7, 11) is 0. The third-order valence-corrected chi connectivity index (χ3v) is 3.22. The van der Waals surface area contributed by atoms with Crippen molar-refractivity contribution in [3.8, 4) is 5.75 Å². The molecule has 0 bridgehead atoms. The number of hydrogen-bond donors (Lipinski definition) is 1. The molecule has 1 aromatic carbocycles. The summed E-state index contributed by atoms with van der Waals surface area (Å²) in [5.41, 5.74) is 0.251. The first-order chi connectivity index (χ1) is 8.60. The van der Waals surface area contributed by atoms with Crippen molar-refractivity contribution in [2.24, 2.45) is 0 Å². The van der Waals surface area contributed by atoms with E-state index in [-0.39, 0.29) is 0 Å². The Labute approximate surface area is 111 Å². The maximum atomic E-state index is 10.4. The van der Waals surface area contributed by atoms with Crippen LogP contribution in [0.1, 0.15) is 58.4 Å². The quantitative estimate of drug-likeness (QED) is 0.698. The molecule has 0 saturated heterocycles. The highest BCUT2D eigenvalue weighted by molar-refractivity contribution is 5.30. The molecule has 1 atom stereocenters. The average Bonchev–Trinajstić information content (AvgIpc) is 2.37. The second kappa shape index (κ2) is 7.42. The van der Waals surface area contributed by atoms with E-state index in [2.05, 4.69) is 13.8 Å². The minimum Gasteiger partial charge on any atom is -0.494 e. The van der Waals surface area contributed by atoms with Crippen LogP contribution in [0.15, 0.2) is 24.3 Å². The molecule has 18 heavy (non-hydrogen) atoms. The van der Waals surface area contributed by atoms with E-state index in [0.717, 1.165) is 37.2 Å². The zero-order valence-electron chi connectivity index (χ0n) is 11.9. The Morgan fingerprint density at radius 1 is 1.06 bits per heavy atom. The van der Waals surface area contributed by atoms with Gasteiger partial charge in [0.25, 0.3) is 0 Å². The predicted molar refractivity (Wildman–Crippen MR) is 75.9 cm³/mol. The van der Waals surface area contributed by atoms with E-state index in [0.29, 0.717) is 0 Å². The number of unbranched alkanes of at least 4 members (excludes halogenated alkanes) is 2. The van der Waals surface area contributed by atoms with Gasteiger partial charge in [0.15, 0.2) is 0 Å². The summed E-state index contributed by atoms with van der Waals surface area (Å²) in [5.74, 6) is 0.880. The van der Waals surface area contributed by atoms with Crippen LogP contribution in [-0.4, -0.2) is 11.7 Å². The molecule has 0 aromatic heterocycles. The molecular formula is C16H26O2. The molecule has 102 valence electrons. The van der Waals surface area contributed by atoms with Crippen molar-refractivity contribution < 1.29 is 9.84 Å². The van der Waals surface area contributed by atoms with Gasteiger partial charge in [0.1, 0.15) is 5.75 Å². The molecule has 1 aromatic rings. The van der Waals surface area contributed by atoms with E-state index in [1.165, 1.54) is 12.8 Å². The molecular weight excluding hydrogens is 224 g/mol. The van der Waals surface area contributed by atoms with Gasteiger partial charge in [-0.25, -0.2) is 0 Å². The van der Waals surface area contributed by atoms with Gasteiger partial charge in [-0.1, -0.05) is 45.2 Å². The minimum atomic E-state index is -0.724. The van der Waals surface area contributed by atoms with Crippen molar-refractivity contribution in [1.82, 2.24) is 0 Å². The molecule has 1 N–H and O–H groups in total. The Bertz CT molecular complexity index is 327. The SMILES string of the molecule is CCCCCC(C)(O)c1ccc(OCCC)cc1. The fourth-order valence-corrected chi connectivity index (χ4v) is 1.99. The fourth-order valence-electron chi connectivity index (χ4n) is 1.99. The van der Waals surface area contributed by atoms with Crippen molar-refractivity contribution in [2.75, 3.05) is 6.61 Å². The Morgan fingerprint density at radius 3 is 2.28 bits per heavy atom. The summed E-state index contributed by atoms with van der Waals surface area (Å²) < 4.78 is 5.54. The third-order valence-electron chi connectivity index (χ3n) is 3.22. The molecule has 1 rings (SSSR count). The van der Waals surface area contributed by atoms with Crippen LogP contribution in [0.2, 0.25) is 0 Å². The maximum Gasteiger partial charge on any atom is 0.119 e. The first-order valence-electron chi connectivity index (χ1n) is 7.06. The average molecular weight is 250 g/mol. The van der Waals surface area contributed by atoms with Crippen molar-refractivity contribution >= 4 is 0 Å². The minimum absolute atomic E-state index is 0.724. The second-order valence-corrected chi connectivity index (χ2v) is 5.10. The lowest BCUT2D eigenvalue weighted by molar-refractivity contribution is 0.0449. The van der Waals surface area contributed by atoms with Crippen LogP contribution in [0.25, 0.3) is 0 Å². The smallest absolute Gasteiger partial charge is 0.119 e. The van der Waals surface area contributed by atoms with E-state index in [1.807, 2.05) is 31.2 Å². The molecule has 0 spiro atoms. The molecule has 2 nitrogen and oxygen atoms in total. The largest absolute Gasteiger partial charge is 0.494 e. The standard InChI is InChI=1S/C16H26O2/c1-4-6-7-12-16(3,17)14-8-10-15(11-9-14)18-13-5-2/h8-11,17H,4-7,12-13H2,1-3H3.